The Labute approximate surface area is 131 Å². The van der Waals surface area contributed by atoms with Crippen molar-refractivity contribution in [2.45, 2.75) is 19.9 Å². The van der Waals surface area contributed by atoms with Crippen LogP contribution in [0.15, 0.2) is 47.7 Å². The predicted molar refractivity (Wildman–Crippen MR) is 88.0 cm³/mol. The quantitative estimate of drug-likeness (QED) is 0.442. The average Bonchev–Trinajstić information content (AvgIpc) is 3.08. The Bertz CT molecular complexity index is 563. The first-order valence-electron chi connectivity index (χ1n) is 7.50. The number of nitrogens with two attached hydrogens (primary N) is 1. The largest absolute Gasteiger partial charge is 0.382 e. The minimum absolute atomic E-state index is 0.465. The molecule has 0 amide bonds. The highest BCUT2D eigenvalue weighted by atomic mass is 16.5. The van der Waals surface area contributed by atoms with Gasteiger partial charge in [0, 0.05) is 32.2 Å². The fourth-order valence-corrected chi connectivity index (χ4v) is 1.94. The minimum Gasteiger partial charge on any atom is -0.382 e. The fourth-order valence-electron chi connectivity index (χ4n) is 1.94. The smallest absolute Gasteiger partial charge is 0.188 e. The van der Waals surface area contributed by atoms with Crippen molar-refractivity contribution in [1.82, 2.24) is 15.1 Å². The van der Waals surface area contributed by atoms with E-state index in [2.05, 4.69) is 15.4 Å². The molecule has 22 heavy (non-hydrogen) atoms. The van der Waals surface area contributed by atoms with Gasteiger partial charge in [0.2, 0.25) is 0 Å². The number of hydrogen-bond acceptors (Lipinski definition) is 3. The lowest BCUT2D eigenvalue weighted by Crippen LogP contribution is -2.32. The number of nitrogens with zero attached hydrogens (tertiary/aromatic N) is 3. The number of rotatable bonds is 8. The van der Waals surface area contributed by atoms with Gasteiger partial charge in [-0.3, -0.25) is 0 Å². The van der Waals surface area contributed by atoms with Crippen molar-refractivity contribution < 1.29 is 4.74 Å². The normalized spacial score (nSPS) is 11.6. The Balaban J connectivity index is 1.77. The summed E-state index contributed by atoms with van der Waals surface area (Å²) in [7, 11) is 0. The summed E-state index contributed by atoms with van der Waals surface area (Å²) < 4.78 is 7.08. The Morgan fingerprint density at radius 3 is 2.86 bits per heavy atom. The third-order valence-corrected chi connectivity index (χ3v) is 3.11. The van der Waals surface area contributed by atoms with E-state index >= 15 is 0 Å². The SMILES string of the molecule is CCOCCCNC(N)=NCc1ccc(-n2cccn2)cc1. The molecule has 2 aromatic rings. The van der Waals surface area contributed by atoms with E-state index in [0.717, 1.165) is 37.4 Å². The fraction of sp³-hybridized carbons (Fsp3) is 0.375. The maximum absolute atomic E-state index is 5.83. The molecule has 1 aromatic carbocycles. The Morgan fingerprint density at radius 2 is 2.18 bits per heavy atom. The van der Waals surface area contributed by atoms with E-state index in [1.165, 1.54) is 0 Å². The minimum atomic E-state index is 0.465. The third kappa shape index (κ3) is 5.21. The van der Waals surface area contributed by atoms with Crippen LogP contribution in [-0.2, 0) is 11.3 Å². The zero-order valence-electron chi connectivity index (χ0n) is 12.9. The molecule has 0 atom stereocenters. The molecule has 6 nitrogen and oxygen atoms in total. The third-order valence-electron chi connectivity index (χ3n) is 3.11. The zero-order chi connectivity index (χ0) is 15.6. The molecule has 0 spiro atoms. The summed E-state index contributed by atoms with van der Waals surface area (Å²) in [6.45, 7) is 4.81. The number of nitrogens with one attached hydrogen (secondary N) is 1. The van der Waals surface area contributed by atoms with E-state index in [4.69, 9.17) is 10.5 Å². The molecule has 118 valence electrons. The van der Waals surface area contributed by atoms with Gasteiger partial charge in [-0.05, 0) is 37.1 Å². The summed E-state index contributed by atoms with van der Waals surface area (Å²) in [6, 6.07) is 10.00. The maximum Gasteiger partial charge on any atom is 0.188 e. The van der Waals surface area contributed by atoms with Crippen molar-refractivity contribution in [3.8, 4) is 5.69 Å². The van der Waals surface area contributed by atoms with Crippen LogP contribution in [0.1, 0.15) is 18.9 Å². The standard InChI is InChI=1S/C16H23N5O/c1-2-22-12-4-9-18-16(17)19-13-14-5-7-15(8-6-14)21-11-3-10-20-21/h3,5-8,10-11H,2,4,9,12-13H2,1H3,(H3,17,18,19). The molecule has 0 fully saturated rings. The second kappa shape index (κ2) is 8.84. The van der Waals surface area contributed by atoms with Crippen LogP contribution < -0.4 is 11.1 Å². The lowest BCUT2D eigenvalue weighted by Gasteiger charge is -2.06. The highest BCUT2D eigenvalue weighted by Gasteiger charge is 1.97. The number of guanidine groups is 1. The Hall–Kier alpha value is -2.34. The molecular weight excluding hydrogens is 278 g/mol. The number of ether oxygens (including phenoxy) is 1. The summed E-state index contributed by atoms with van der Waals surface area (Å²) >= 11 is 0. The first-order valence-corrected chi connectivity index (χ1v) is 7.50. The van der Waals surface area contributed by atoms with Crippen LogP contribution in [0.5, 0.6) is 0 Å². The van der Waals surface area contributed by atoms with Crippen molar-refractivity contribution in [1.29, 1.82) is 0 Å². The van der Waals surface area contributed by atoms with Gasteiger partial charge in [-0.2, -0.15) is 5.10 Å². The predicted octanol–water partition coefficient (Wildman–Crippen LogP) is 1.70. The first-order chi connectivity index (χ1) is 10.8. The van der Waals surface area contributed by atoms with Crippen LogP contribution in [0.4, 0.5) is 0 Å². The highest BCUT2D eigenvalue weighted by Crippen LogP contribution is 2.09. The van der Waals surface area contributed by atoms with Crippen LogP contribution in [-0.4, -0.2) is 35.5 Å². The molecule has 1 heterocycles. The molecule has 0 aliphatic rings. The Kier molecular flexibility index (Phi) is 6.44. The van der Waals surface area contributed by atoms with E-state index in [-0.39, 0.29) is 0 Å². The van der Waals surface area contributed by atoms with Crippen molar-refractivity contribution in [3.63, 3.8) is 0 Å². The first kappa shape index (κ1) is 16.0. The van der Waals surface area contributed by atoms with Gasteiger partial charge in [0.25, 0.3) is 0 Å². The van der Waals surface area contributed by atoms with Crippen molar-refractivity contribution in [2.24, 2.45) is 10.7 Å². The molecule has 0 radical (unpaired) electrons. The van der Waals surface area contributed by atoms with Crippen molar-refractivity contribution in [3.05, 3.63) is 48.3 Å². The van der Waals surface area contributed by atoms with Crippen LogP contribution >= 0.6 is 0 Å². The van der Waals surface area contributed by atoms with Crippen LogP contribution in [0.25, 0.3) is 5.69 Å². The average molecular weight is 301 g/mol. The van der Waals surface area contributed by atoms with Crippen molar-refractivity contribution >= 4 is 5.96 Å². The highest BCUT2D eigenvalue weighted by molar-refractivity contribution is 5.77. The number of hydrogen-bond donors (Lipinski definition) is 2. The maximum atomic E-state index is 5.83. The number of aliphatic imine (C=N–C) groups is 1. The van der Waals surface area contributed by atoms with Gasteiger partial charge in [-0.25, -0.2) is 9.67 Å². The van der Waals surface area contributed by atoms with E-state index < -0.39 is 0 Å². The summed E-state index contributed by atoms with van der Waals surface area (Å²) in [4.78, 5) is 4.32. The molecule has 0 bridgehead atoms. The molecule has 0 aliphatic carbocycles. The lowest BCUT2D eigenvalue weighted by atomic mass is 10.2. The van der Waals surface area contributed by atoms with Gasteiger partial charge < -0.3 is 15.8 Å². The second-order valence-corrected chi connectivity index (χ2v) is 4.80. The second-order valence-electron chi connectivity index (χ2n) is 4.80. The summed E-state index contributed by atoms with van der Waals surface area (Å²) in [6.07, 6.45) is 4.59. The van der Waals surface area contributed by atoms with Crippen LogP contribution in [0.2, 0.25) is 0 Å². The van der Waals surface area contributed by atoms with Crippen LogP contribution in [0, 0.1) is 0 Å². The topological polar surface area (TPSA) is 77.5 Å². The Morgan fingerprint density at radius 1 is 1.36 bits per heavy atom. The van der Waals surface area contributed by atoms with E-state index in [1.807, 2.05) is 48.1 Å². The molecule has 0 saturated heterocycles. The molecule has 0 unspecified atom stereocenters. The van der Waals surface area contributed by atoms with Gasteiger partial charge in [-0.1, -0.05) is 12.1 Å². The van der Waals surface area contributed by atoms with E-state index in [1.54, 1.807) is 6.20 Å². The van der Waals surface area contributed by atoms with E-state index in [9.17, 15) is 0 Å². The molecular formula is C16H23N5O. The van der Waals surface area contributed by atoms with Crippen LogP contribution in [0.3, 0.4) is 0 Å². The lowest BCUT2D eigenvalue weighted by molar-refractivity contribution is 0.145. The molecule has 6 heteroatoms. The van der Waals surface area contributed by atoms with Gasteiger partial charge in [-0.15, -0.1) is 0 Å². The number of aromatic nitrogens is 2. The van der Waals surface area contributed by atoms with E-state index in [0.29, 0.717) is 12.5 Å². The summed E-state index contributed by atoms with van der Waals surface area (Å²) in [5.74, 6) is 0.465. The molecule has 0 saturated carbocycles. The monoisotopic (exact) mass is 301 g/mol. The van der Waals surface area contributed by atoms with Crippen molar-refractivity contribution in [2.75, 3.05) is 19.8 Å². The summed E-state index contributed by atoms with van der Waals surface area (Å²) in [5, 5.41) is 7.27. The van der Waals surface area contributed by atoms with Gasteiger partial charge in [0.05, 0.1) is 12.2 Å². The number of benzene rings is 1. The molecule has 2 rings (SSSR count). The molecule has 1 aromatic heterocycles. The summed E-state index contributed by atoms with van der Waals surface area (Å²) in [5.41, 5.74) is 7.96. The van der Waals surface area contributed by atoms with Gasteiger partial charge in [0.1, 0.15) is 0 Å². The van der Waals surface area contributed by atoms with Gasteiger partial charge >= 0.3 is 0 Å². The molecule has 0 aliphatic heterocycles. The zero-order valence-corrected chi connectivity index (χ0v) is 12.9. The van der Waals surface area contributed by atoms with Gasteiger partial charge in [0.15, 0.2) is 5.96 Å². The molecule has 3 N–H and O–H groups in total.